The van der Waals surface area contributed by atoms with Crippen molar-refractivity contribution >= 4 is 18.5 Å². The molecule has 0 bridgehead atoms. The lowest BCUT2D eigenvalue weighted by atomic mass is 10.1. The number of amides is 1. The Hall–Kier alpha value is -2.24. The van der Waals surface area contributed by atoms with E-state index < -0.39 is 23.3 Å². The number of carbonyl (C=O) groups is 2. The maximum Gasteiger partial charge on any atom is 0.407 e. The van der Waals surface area contributed by atoms with Crippen molar-refractivity contribution in [1.29, 1.82) is 0 Å². The number of hydrogen-bond acceptors (Lipinski definition) is 3. The molecule has 0 aliphatic heterocycles. The van der Waals surface area contributed by atoms with Gasteiger partial charge in [0.1, 0.15) is 17.2 Å². The molecule has 1 amide bonds. The van der Waals surface area contributed by atoms with E-state index in [2.05, 4.69) is 5.32 Å². The average Bonchev–Trinajstić information content (AvgIpc) is 2.39. The van der Waals surface area contributed by atoms with E-state index >= 15 is 0 Å². The Labute approximate surface area is 128 Å². The fourth-order valence-corrected chi connectivity index (χ4v) is 1.58. The lowest BCUT2D eigenvalue weighted by Crippen LogP contribution is -2.32. The number of rotatable bonds is 5. The van der Waals surface area contributed by atoms with E-state index in [1.807, 2.05) is 0 Å². The maximum absolute atomic E-state index is 13.6. The van der Waals surface area contributed by atoms with Crippen LogP contribution in [0.2, 0.25) is 0 Å². The van der Waals surface area contributed by atoms with Gasteiger partial charge in [-0.1, -0.05) is 12.2 Å². The molecular formula is C16H19F2NO3. The normalized spacial score (nSPS) is 11.5. The third-order valence-corrected chi connectivity index (χ3v) is 2.52. The van der Waals surface area contributed by atoms with Crippen LogP contribution in [0.4, 0.5) is 13.6 Å². The third kappa shape index (κ3) is 6.03. The molecule has 4 nitrogen and oxygen atoms in total. The van der Waals surface area contributed by atoms with Gasteiger partial charge in [0, 0.05) is 12.1 Å². The summed E-state index contributed by atoms with van der Waals surface area (Å²) in [5.74, 6) is -1.46. The molecule has 1 N–H and O–H groups in total. The number of ether oxygens (including phenoxy) is 1. The number of aldehydes is 1. The maximum atomic E-state index is 13.6. The molecule has 1 aromatic rings. The quantitative estimate of drug-likeness (QED) is 0.666. The number of hydrogen-bond donors (Lipinski definition) is 1. The van der Waals surface area contributed by atoms with Crippen LogP contribution in [0.15, 0.2) is 18.2 Å². The van der Waals surface area contributed by atoms with E-state index in [-0.39, 0.29) is 17.4 Å². The second-order valence-corrected chi connectivity index (χ2v) is 5.63. The minimum absolute atomic E-state index is 0.0420. The minimum Gasteiger partial charge on any atom is -0.444 e. The topological polar surface area (TPSA) is 55.4 Å². The van der Waals surface area contributed by atoms with Gasteiger partial charge in [0.15, 0.2) is 6.29 Å². The Morgan fingerprint density at radius 1 is 1.23 bits per heavy atom. The van der Waals surface area contributed by atoms with Gasteiger partial charge < -0.3 is 10.1 Å². The van der Waals surface area contributed by atoms with Gasteiger partial charge in [-0.05, 0) is 39.3 Å². The van der Waals surface area contributed by atoms with Crippen molar-refractivity contribution in [2.45, 2.75) is 32.8 Å². The summed E-state index contributed by atoms with van der Waals surface area (Å²) >= 11 is 0. The van der Waals surface area contributed by atoms with Crippen LogP contribution in [0.1, 0.15) is 43.1 Å². The van der Waals surface area contributed by atoms with E-state index in [0.717, 1.165) is 12.1 Å². The summed E-state index contributed by atoms with van der Waals surface area (Å²) in [5.41, 5.74) is -0.845. The fourth-order valence-electron chi connectivity index (χ4n) is 1.58. The van der Waals surface area contributed by atoms with Crippen LogP contribution >= 0.6 is 0 Å². The molecule has 6 heteroatoms. The number of halogens is 2. The Morgan fingerprint density at radius 2 is 1.82 bits per heavy atom. The fraction of sp³-hybridized carbons (Fsp3) is 0.375. The molecule has 1 aromatic carbocycles. The first-order valence-electron chi connectivity index (χ1n) is 6.80. The molecule has 0 spiro atoms. The summed E-state index contributed by atoms with van der Waals surface area (Å²) in [7, 11) is 0. The van der Waals surface area contributed by atoms with Crippen LogP contribution in [0.5, 0.6) is 0 Å². The smallest absolute Gasteiger partial charge is 0.407 e. The van der Waals surface area contributed by atoms with Gasteiger partial charge in [0.2, 0.25) is 0 Å². The molecule has 0 radical (unpaired) electrons. The molecule has 120 valence electrons. The Kier molecular flexibility index (Phi) is 6.22. The zero-order valence-corrected chi connectivity index (χ0v) is 12.8. The number of benzene rings is 1. The van der Waals surface area contributed by atoms with Gasteiger partial charge >= 0.3 is 6.09 Å². The average molecular weight is 311 g/mol. The second-order valence-electron chi connectivity index (χ2n) is 5.63. The lowest BCUT2D eigenvalue weighted by Gasteiger charge is -2.19. The summed E-state index contributed by atoms with van der Waals surface area (Å²) < 4.78 is 32.0. The van der Waals surface area contributed by atoms with Crippen molar-refractivity contribution < 1.29 is 23.1 Å². The highest BCUT2D eigenvalue weighted by atomic mass is 19.1. The Balaban J connectivity index is 2.49. The molecule has 0 aliphatic rings. The van der Waals surface area contributed by atoms with E-state index in [4.69, 9.17) is 4.74 Å². The summed E-state index contributed by atoms with van der Waals surface area (Å²) in [4.78, 5) is 21.8. The monoisotopic (exact) mass is 311 g/mol. The van der Waals surface area contributed by atoms with Crippen molar-refractivity contribution in [3.63, 3.8) is 0 Å². The molecule has 0 unspecified atom stereocenters. The summed E-state index contributed by atoms with van der Waals surface area (Å²) in [6.45, 7) is 5.58. The number of alkyl carbamates (subject to hydrolysis) is 1. The van der Waals surface area contributed by atoms with Gasteiger partial charge in [0.05, 0.1) is 5.56 Å². The van der Waals surface area contributed by atoms with Crippen LogP contribution in [-0.4, -0.2) is 24.5 Å². The van der Waals surface area contributed by atoms with Gasteiger partial charge in [-0.3, -0.25) is 4.79 Å². The van der Waals surface area contributed by atoms with Crippen LogP contribution in [0, 0.1) is 11.6 Å². The van der Waals surface area contributed by atoms with Crippen molar-refractivity contribution in [1.82, 2.24) is 5.32 Å². The highest BCUT2D eigenvalue weighted by Gasteiger charge is 2.15. The van der Waals surface area contributed by atoms with Crippen LogP contribution < -0.4 is 5.32 Å². The molecule has 0 saturated heterocycles. The van der Waals surface area contributed by atoms with E-state index in [0.29, 0.717) is 13.0 Å². The van der Waals surface area contributed by atoms with Gasteiger partial charge in [0.25, 0.3) is 0 Å². The van der Waals surface area contributed by atoms with Crippen LogP contribution in [0.25, 0.3) is 6.08 Å². The second kappa shape index (κ2) is 7.68. The molecular weight excluding hydrogens is 292 g/mol. The van der Waals surface area contributed by atoms with E-state index in [1.165, 1.54) is 6.08 Å². The molecule has 0 heterocycles. The highest BCUT2D eigenvalue weighted by molar-refractivity contribution is 5.76. The standard InChI is InChI=1S/C16H19F2NO3/c1-16(2,3)22-15(21)19-7-5-4-6-11-8-14(18)12(10-20)9-13(11)17/h4,6,8-10H,5,7H2,1-3H3,(H,19,21). The predicted octanol–water partition coefficient (Wildman–Crippen LogP) is 3.71. The van der Waals surface area contributed by atoms with Gasteiger partial charge in [-0.2, -0.15) is 0 Å². The van der Waals surface area contributed by atoms with Crippen LogP contribution in [0.3, 0.4) is 0 Å². The zero-order valence-electron chi connectivity index (χ0n) is 12.8. The summed E-state index contributed by atoms with van der Waals surface area (Å²) in [5, 5.41) is 2.54. The molecule has 0 aromatic heterocycles. The Bertz CT molecular complexity index is 577. The molecule has 0 fully saturated rings. The number of nitrogens with one attached hydrogen (secondary N) is 1. The summed E-state index contributed by atoms with van der Waals surface area (Å²) in [6, 6.07) is 1.80. The third-order valence-electron chi connectivity index (χ3n) is 2.52. The van der Waals surface area contributed by atoms with Crippen LogP contribution in [-0.2, 0) is 4.74 Å². The van der Waals surface area contributed by atoms with Crippen molar-refractivity contribution in [2.24, 2.45) is 0 Å². The molecule has 0 atom stereocenters. The number of carbonyl (C=O) groups excluding carboxylic acids is 2. The molecule has 0 saturated carbocycles. The van der Waals surface area contributed by atoms with Gasteiger partial charge in [-0.15, -0.1) is 0 Å². The largest absolute Gasteiger partial charge is 0.444 e. The Morgan fingerprint density at radius 3 is 2.41 bits per heavy atom. The first-order valence-corrected chi connectivity index (χ1v) is 6.80. The van der Waals surface area contributed by atoms with Crippen molar-refractivity contribution in [2.75, 3.05) is 6.54 Å². The molecule has 22 heavy (non-hydrogen) atoms. The van der Waals surface area contributed by atoms with Gasteiger partial charge in [-0.25, -0.2) is 13.6 Å². The predicted molar refractivity (Wildman–Crippen MR) is 79.6 cm³/mol. The zero-order chi connectivity index (χ0) is 16.8. The SMILES string of the molecule is CC(C)(C)OC(=O)NCCC=Cc1cc(F)c(C=O)cc1F. The molecule has 0 aliphatic carbocycles. The summed E-state index contributed by atoms with van der Waals surface area (Å²) in [6.07, 6.45) is 3.14. The first-order chi connectivity index (χ1) is 10.2. The van der Waals surface area contributed by atoms with E-state index in [9.17, 15) is 18.4 Å². The minimum atomic E-state index is -0.775. The van der Waals surface area contributed by atoms with Crippen molar-refractivity contribution in [3.05, 3.63) is 41.0 Å². The first kappa shape index (κ1) is 17.8. The van der Waals surface area contributed by atoms with Crippen molar-refractivity contribution in [3.8, 4) is 0 Å². The molecule has 1 rings (SSSR count). The lowest BCUT2D eigenvalue weighted by molar-refractivity contribution is 0.0528. The van der Waals surface area contributed by atoms with E-state index in [1.54, 1.807) is 26.8 Å². The highest BCUT2D eigenvalue weighted by Crippen LogP contribution is 2.15.